The Morgan fingerprint density at radius 1 is 0.812 bits per heavy atom. The molecule has 3 aromatic carbocycles. The van der Waals surface area contributed by atoms with Gasteiger partial charge >= 0.3 is 0 Å². The molecule has 0 saturated carbocycles. The number of hydrogen-bond acceptors (Lipinski definition) is 5. The van der Waals surface area contributed by atoms with E-state index in [1.807, 2.05) is 36.5 Å². The molecule has 0 radical (unpaired) electrons. The number of H-pyrrole nitrogens is 1. The van der Waals surface area contributed by atoms with Crippen LogP contribution >= 0.6 is 0 Å². The number of carbonyl (C=O) groups excluding carboxylic acids is 2. The van der Waals surface area contributed by atoms with Crippen molar-refractivity contribution in [2.45, 2.75) is 6.54 Å². The van der Waals surface area contributed by atoms with Crippen LogP contribution in [0.1, 0.15) is 21.5 Å². The van der Waals surface area contributed by atoms with Gasteiger partial charge in [0.25, 0.3) is 11.8 Å². The van der Waals surface area contributed by atoms with Gasteiger partial charge in [0.1, 0.15) is 0 Å². The van der Waals surface area contributed by atoms with Crippen LogP contribution in [0.5, 0.6) is 11.5 Å². The van der Waals surface area contributed by atoms with E-state index in [1.165, 1.54) is 12.1 Å². The highest BCUT2D eigenvalue weighted by Crippen LogP contribution is 2.31. The summed E-state index contributed by atoms with van der Waals surface area (Å²) in [5.74, 6) is -1.33. The lowest BCUT2D eigenvalue weighted by molar-refractivity contribution is -0.114. The van der Waals surface area contributed by atoms with Crippen molar-refractivity contribution < 1.29 is 19.8 Å². The van der Waals surface area contributed by atoms with Crippen LogP contribution in [0.15, 0.2) is 73.1 Å². The van der Waals surface area contributed by atoms with Gasteiger partial charge in [-0.3, -0.25) is 14.9 Å². The molecule has 0 unspecified atom stereocenters. The number of amides is 2. The van der Waals surface area contributed by atoms with Crippen molar-refractivity contribution in [3.63, 3.8) is 0 Å². The Labute approximate surface area is 183 Å². The number of aromatic nitrogens is 1. The Hall–Kier alpha value is -4.52. The summed E-state index contributed by atoms with van der Waals surface area (Å²) < 4.78 is 0. The fraction of sp³-hybridized carbons (Fsp3) is 0.0400. The van der Waals surface area contributed by atoms with E-state index >= 15 is 0 Å². The number of phenols is 2. The van der Waals surface area contributed by atoms with Crippen LogP contribution in [0.25, 0.3) is 27.6 Å². The number of fused-ring (bicyclic) bond motifs is 2. The molecule has 0 fully saturated rings. The molecular formula is C25H19N3O4. The smallest absolute Gasteiger partial charge is 0.260 e. The SMILES string of the molecule is O=C1NC(=O)c2ccc(-c3ccc4[nH]ccc4c3)cc2/C1=C\NCc1ccc(O)c(O)c1. The zero-order valence-corrected chi connectivity index (χ0v) is 16.8. The predicted octanol–water partition coefficient (Wildman–Crippen LogP) is 3.65. The minimum absolute atomic E-state index is 0.198. The highest BCUT2D eigenvalue weighted by atomic mass is 16.3. The van der Waals surface area contributed by atoms with Gasteiger partial charge in [-0.2, -0.15) is 0 Å². The third-order valence-electron chi connectivity index (χ3n) is 5.51. The van der Waals surface area contributed by atoms with Gasteiger partial charge in [-0.05, 0) is 64.5 Å². The summed E-state index contributed by atoms with van der Waals surface area (Å²) >= 11 is 0. The van der Waals surface area contributed by atoms with Crippen LogP contribution < -0.4 is 10.6 Å². The summed E-state index contributed by atoms with van der Waals surface area (Å²) in [6, 6.07) is 18.0. The molecule has 4 aromatic rings. The van der Waals surface area contributed by atoms with E-state index in [-0.39, 0.29) is 11.5 Å². The van der Waals surface area contributed by atoms with E-state index in [1.54, 1.807) is 18.3 Å². The molecule has 0 atom stereocenters. The fourth-order valence-corrected chi connectivity index (χ4v) is 3.83. The number of hydrogen-bond donors (Lipinski definition) is 5. The average Bonchev–Trinajstić information content (AvgIpc) is 3.26. The molecule has 0 aliphatic carbocycles. The first-order valence-corrected chi connectivity index (χ1v) is 10.0. The summed E-state index contributed by atoms with van der Waals surface area (Å²) in [6.07, 6.45) is 3.44. The lowest BCUT2D eigenvalue weighted by Crippen LogP contribution is -2.37. The van der Waals surface area contributed by atoms with Crippen LogP contribution in [-0.2, 0) is 11.3 Å². The quantitative estimate of drug-likeness (QED) is 0.195. The second kappa shape index (κ2) is 7.63. The van der Waals surface area contributed by atoms with Gasteiger partial charge < -0.3 is 20.5 Å². The van der Waals surface area contributed by atoms with Gasteiger partial charge in [-0.25, -0.2) is 0 Å². The van der Waals surface area contributed by atoms with E-state index in [0.29, 0.717) is 23.2 Å². The van der Waals surface area contributed by atoms with E-state index in [0.717, 1.165) is 27.6 Å². The first kappa shape index (κ1) is 19.4. The van der Waals surface area contributed by atoms with Crippen LogP contribution in [0, 0.1) is 0 Å². The second-order valence-corrected chi connectivity index (χ2v) is 7.59. The molecule has 5 rings (SSSR count). The summed E-state index contributed by atoms with van der Waals surface area (Å²) in [7, 11) is 0. The topological polar surface area (TPSA) is 114 Å². The number of nitrogens with one attached hydrogen (secondary N) is 3. The molecule has 0 saturated heterocycles. The monoisotopic (exact) mass is 425 g/mol. The summed E-state index contributed by atoms with van der Waals surface area (Å²) in [6.45, 7) is 0.317. The molecule has 1 aliphatic heterocycles. The van der Waals surface area contributed by atoms with Gasteiger partial charge in [-0.15, -0.1) is 0 Å². The molecule has 32 heavy (non-hydrogen) atoms. The Kier molecular flexibility index (Phi) is 4.63. The Bertz CT molecular complexity index is 1420. The maximum Gasteiger partial charge on any atom is 0.260 e. The molecule has 7 nitrogen and oxygen atoms in total. The lowest BCUT2D eigenvalue weighted by Gasteiger charge is -2.19. The molecule has 1 aliphatic rings. The first-order valence-electron chi connectivity index (χ1n) is 10.0. The molecule has 1 aromatic heterocycles. The van der Waals surface area contributed by atoms with Gasteiger partial charge in [-0.1, -0.05) is 18.2 Å². The van der Waals surface area contributed by atoms with Gasteiger partial charge in [0.2, 0.25) is 0 Å². The van der Waals surface area contributed by atoms with Crippen molar-refractivity contribution in [2.75, 3.05) is 0 Å². The summed E-state index contributed by atoms with van der Waals surface area (Å²) in [5.41, 5.74) is 4.93. The summed E-state index contributed by atoms with van der Waals surface area (Å²) in [4.78, 5) is 28.1. The molecule has 5 N–H and O–H groups in total. The van der Waals surface area contributed by atoms with Crippen molar-refractivity contribution in [1.82, 2.24) is 15.6 Å². The normalized spacial score (nSPS) is 14.4. The summed E-state index contributed by atoms with van der Waals surface area (Å²) in [5, 5.41) is 25.6. The van der Waals surface area contributed by atoms with Crippen LogP contribution in [0.2, 0.25) is 0 Å². The van der Waals surface area contributed by atoms with E-state index in [4.69, 9.17) is 0 Å². The number of phenolic OH excluding ortho intramolecular Hbond substituents is 2. The number of carbonyl (C=O) groups is 2. The van der Waals surface area contributed by atoms with Crippen LogP contribution in [0.3, 0.4) is 0 Å². The second-order valence-electron chi connectivity index (χ2n) is 7.59. The Morgan fingerprint density at radius 3 is 2.47 bits per heavy atom. The van der Waals surface area contributed by atoms with Gasteiger partial charge in [0.15, 0.2) is 11.5 Å². The largest absolute Gasteiger partial charge is 0.504 e. The van der Waals surface area contributed by atoms with Crippen molar-refractivity contribution >= 4 is 28.3 Å². The maximum absolute atomic E-state index is 12.6. The number of rotatable bonds is 4. The fourth-order valence-electron chi connectivity index (χ4n) is 3.83. The van der Waals surface area contributed by atoms with E-state index in [9.17, 15) is 19.8 Å². The number of aromatic hydroxyl groups is 2. The molecule has 0 spiro atoms. The predicted molar refractivity (Wildman–Crippen MR) is 121 cm³/mol. The van der Waals surface area contributed by atoms with Gasteiger partial charge in [0, 0.05) is 35.6 Å². The maximum atomic E-state index is 12.6. The zero-order chi connectivity index (χ0) is 22.2. The molecule has 0 bridgehead atoms. The Morgan fingerprint density at radius 2 is 1.62 bits per heavy atom. The third kappa shape index (κ3) is 3.45. The zero-order valence-electron chi connectivity index (χ0n) is 16.8. The third-order valence-corrected chi connectivity index (χ3v) is 5.51. The molecule has 158 valence electrons. The first-order chi connectivity index (χ1) is 15.5. The van der Waals surface area contributed by atoms with E-state index in [2.05, 4.69) is 21.7 Å². The van der Waals surface area contributed by atoms with Crippen molar-refractivity contribution in [2.24, 2.45) is 0 Å². The average molecular weight is 425 g/mol. The molecule has 2 heterocycles. The standard InChI is InChI=1S/C25H19N3O4/c29-22-6-1-14(9-23(22)30)12-26-13-20-19-11-16(2-4-18(19)24(31)28-25(20)32)15-3-5-21-17(10-15)7-8-27-21/h1-11,13,26-27,29-30H,12H2,(H,28,31,32)/b20-13+. The molecular weight excluding hydrogens is 406 g/mol. The van der Waals surface area contributed by atoms with Crippen molar-refractivity contribution in [3.05, 3.63) is 89.8 Å². The molecule has 2 amide bonds. The van der Waals surface area contributed by atoms with E-state index < -0.39 is 11.8 Å². The highest BCUT2D eigenvalue weighted by Gasteiger charge is 2.27. The number of aromatic amines is 1. The minimum Gasteiger partial charge on any atom is -0.504 e. The highest BCUT2D eigenvalue weighted by molar-refractivity contribution is 6.31. The van der Waals surface area contributed by atoms with Crippen LogP contribution in [-0.4, -0.2) is 27.0 Å². The Balaban J connectivity index is 1.49. The van der Waals surface area contributed by atoms with Crippen molar-refractivity contribution in [1.29, 1.82) is 0 Å². The number of benzene rings is 3. The molecule has 7 heteroatoms. The van der Waals surface area contributed by atoms with Crippen LogP contribution in [0.4, 0.5) is 0 Å². The van der Waals surface area contributed by atoms with Gasteiger partial charge in [0.05, 0.1) is 5.57 Å². The lowest BCUT2D eigenvalue weighted by atomic mass is 9.91. The number of imide groups is 1. The minimum atomic E-state index is -0.484. The van der Waals surface area contributed by atoms with Crippen molar-refractivity contribution in [3.8, 4) is 22.6 Å².